The Balaban J connectivity index is 2.34. The van der Waals surface area contributed by atoms with Gasteiger partial charge in [-0.15, -0.1) is 0 Å². The van der Waals surface area contributed by atoms with Gasteiger partial charge in [-0.05, 0) is 44.9 Å². The van der Waals surface area contributed by atoms with Crippen LogP contribution in [-0.2, 0) is 37.4 Å². The Morgan fingerprint density at radius 2 is 1.26 bits per heavy atom. The van der Waals surface area contributed by atoms with Gasteiger partial charge < -0.3 is 32.6 Å². The molecule has 1 rings (SSSR count). The lowest BCUT2D eigenvalue weighted by atomic mass is 10.1. The van der Waals surface area contributed by atoms with Crippen molar-refractivity contribution < 1.29 is 46.8 Å². The van der Waals surface area contributed by atoms with E-state index in [1.165, 1.54) is 77.0 Å². The second kappa shape index (κ2) is 31.4. The minimum absolute atomic E-state index is 0.0428. The first-order chi connectivity index (χ1) is 25.5. The van der Waals surface area contributed by atoms with Crippen molar-refractivity contribution in [3.8, 4) is 0 Å². The van der Waals surface area contributed by atoms with E-state index in [2.05, 4.69) is 44.2 Å². The third-order valence-electron chi connectivity index (χ3n) is 9.09. The van der Waals surface area contributed by atoms with Crippen LogP contribution in [0.4, 0.5) is 0 Å². The van der Waals surface area contributed by atoms with Gasteiger partial charge in [0.05, 0.1) is 40.0 Å². The number of quaternary nitrogens is 1. The van der Waals surface area contributed by atoms with E-state index in [1.807, 2.05) is 27.2 Å². The Morgan fingerprint density at radius 1 is 0.698 bits per heavy atom. The zero-order valence-electron chi connectivity index (χ0n) is 34.1. The maximum atomic E-state index is 12.6. The highest BCUT2D eigenvalue weighted by atomic mass is 31.2. The molecule has 0 aromatic rings. The highest BCUT2D eigenvalue weighted by Crippen LogP contribution is 2.38. The summed E-state index contributed by atoms with van der Waals surface area (Å²) in [5, 5.41) is 0. The van der Waals surface area contributed by atoms with Gasteiger partial charge in [0, 0.05) is 12.8 Å². The molecule has 0 saturated carbocycles. The van der Waals surface area contributed by atoms with Gasteiger partial charge >= 0.3 is 11.9 Å². The first-order valence-electron chi connectivity index (χ1n) is 20.8. The first-order valence-corrected chi connectivity index (χ1v) is 22.3. The van der Waals surface area contributed by atoms with Gasteiger partial charge in [0.1, 0.15) is 19.8 Å². The Morgan fingerprint density at radius 3 is 1.91 bits per heavy atom. The normalized spacial score (nSPS) is 17.8. The summed E-state index contributed by atoms with van der Waals surface area (Å²) >= 11 is 0. The van der Waals surface area contributed by atoms with Crippen molar-refractivity contribution >= 4 is 19.8 Å². The van der Waals surface area contributed by atoms with Crippen LogP contribution >= 0.6 is 7.82 Å². The second-order valence-electron chi connectivity index (χ2n) is 15.4. The number of nitrogens with zero attached hydrogens (tertiary/aromatic N) is 1. The lowest BCUT2D eigenvalue weighted by molar-refractivity contribution is -0.870. The first kappa shape index (κ1) is 49.2. The number of phosphoric ester groups is 1. The molecule has 0 spiro atoms. The van der Waals surface area contributed by atoms with Gasteiger partial charge in [-0.25, -0.2) is 0 Å². The van der Waals surface area contributed by atoms with E-state index in [0.29, 0.717) is 36.1 Å². The number of hydrogen-bond acceptors (Lipinski definition) is 9. The number of carbonyl (C=O) groups excluding carboxylic acids is 2. The average Bonchev–Trinajstić information content (AvgIpc) is 3.86. The molecule has 10 nitrogen and oxygen atoms in total. The quantitative estimate of drug-likeness (QED) is 0.0153. The minimum atomic E-state index is -4.64. The Hall–Kier alpha value is -1.81. The molecule has 1 aliphatic heterocycles. The molecule has 0 aliphatic carbocycles. The van der Waals surface area contributed by atoms with Crippen LogP contribution in [0.3, 0.4) is 0 Å². The lowest BCUT2D eigenvalue weighted by Crippen LogP contribution is -2.37. The van der Waals surface area contributed by atoms with Gasteiger partial charge in [-0.1, -0.05) is 134 Å². The van der Waals surface area contributed by atoms with E-state index in [1.54, 1.807) is 0 Å². The standard InChI is InChI=1S/C42H76NO9P/c1-6-8-10-11-12-13-14-18-21-24-28-32-41(44)48-36-38(37-50-53(46,47)49-35-34-43(3,4)5)51-42(45)33-29-25-22-19-16-15-17-20-23-27-31-40-39(52-40)30-26-9-7-2/h15,17,19,22-23,27,38-40H,6-14,16,18,20-21,24-26,28-37H2,1-5H3/b17-15-,22-19-,27-23-. The molecule has 0 bridgehead atoms. The number of phosphoric acid groups is 1. The topological polar surface area (TPSA) is 124 Å². The SMILES string of the molecule is CCCCCCCCCCCCCC(=O)OCC(COP(=O)([O-])OCC[N+](C)(C)C)OC(=O)CCC/C=C\C/C=C\C/C=C\CC1OC1CCCCC. The van der Waals surface area contributed by atoms with E-state index < -0.39 is 32.5 Å². The van der Waals surface area contributed by atoms with Gasteiger partial charge in [0.25, 0.3) is 7.82 Å². The number of carbonyl (C=O) groups is 2. The van der Waals surface area contributed by atoms with Crippen molar-refractivity contribution in [3.05, 3.63) is 36.5 Å². The number of ether oxygens (including phenoxy) is 3. The van der Waals surface area contributed by atoms with Crippen LogP contribution in [0.2, 0.25) is 0 Å². The maximum Gasteiger partial charge on any atom is 0.306 e. The molecule has 0 amide bonds. The van der Waals surface area contributed by atoms with Crippen molar-refractivity contribution in [1.29, 1.82) is 0 Å². The fourth-order valence-corrected chi connectivity index (χ4v) is 6.41. The molecule has 4 unspecified atom stereocenters. The summed E-state index contributed by atoms with van der Waals surface area (Å²) < 4.78 is 39.5. The summed E-state index contributed by atoms with van der Waals surface area (Å²) in [7, 11) is 1.12. The van der Waals surface area contributed by atoms with Crippen LogP contribution in [0.1, 0.15) is 155 Å². The summed E-state index contributed by atoms with van der Waals surface area (Å²) in [4.78, 5) is 37.4. The number of likely N-dealkylation sites (N-methyl/N-ethyl adjacent to an activating group) is 1. The van der Waals surface area contributed by atoms with Gasteiger partial charge in [0.2, 0.25) is 0 Å². The summed E-state index contributed by atoms with van der Waals surface area (Å²) in [5.74, 6) is -0.906. The number of allylic oxidation sites excluding steroid dienone is 5. The zero-order chi connectivity index (χ0) is 39.0. The Bertz CT molecular complexity index is 1070. The van der Waals surface area contributed by atoms with Crippen LogP contribution in [-0.4, -0.2) is 82.2 Å². The molecule has 0 radical (unpaired) electrons. The largest absolute Gasteiger partial charge is 0.756 e. The predicted molar refractivity (Wildman–Crippen MR) is 212 cm³/mol. The number of rotatable bonds is 36. The number of hydrogen-bond donors (Lipinski definition) is 0. The van der Waals surface area contributed by atoms with Crippen molar-refractivity contribution in [2.24, 2.45) is 0 Å². The summed E-state index contributed by atoms with van der Waals surface area (Å²) in [5.41, 5.74) is 0. The second-order valence-corrected chi connectivity index (χ2v) is 16.8. The summed E-state index contributed by atoms with van der Waals surface area (Å²) in [6, 6.07) is 0. The van der Waals surface area contributed by atoms with Crippen LogP contribution < -0.4 is 4.89 Å². The van der Waals surface area contributed by atoms with Crippen molar-refractivity contribution in [1.82, 2.24) is 0 Å². The summed E-state index contributed by atoms with van der Waals surface area (Å²) in [6.07, 6.45) is 35.0. The number of epoxide rings is 1. The average molecular weight is 770 g/mol. The van der Waals surface area contributed by atoms with Gasteiger partial charge in [-0.2, -0.15) is 0 Å². The molecule has 0 N–H and O–H groups in total. The molecule has 53 heavy (non-hydrogen) atoms. The van der Waals surface area contributed by atoms with Crippen molar-refractivity contribution in [2.75, 3.05) is 47.5 Å². The molecule has 0 aromatic carbocycles. The van der Waals surface area contributed by atoms with Gasteiger partial charge in [-0.3, -0.25) is 14.2 Å². The highest BCUT2D eigenvalue weighted by molar-refractivity contribution is 7.45. The van der Waals surface area contributed by atoms with Crippen molar-refractivity contribution in [2.45, 2.75) is 173 Å². The molecule has 11 heteroatoms. The molecule has 1 aliphatic rings. The molecular weight excluding hydrogens is 693 g/mol. The molecule has 0 aromatic heterocycles. The Kier molecular flexibility index (Phi) is 29.2. The van der Waals surface area contributed by atoms with Crippen LogP contribution in [0.5, 0.6) is 0 Å². The third kappa shape index (κ3) is 32.2. The number of esters is 2. The smallest absolute Gasteiger partial charge is 0.306 e. The molecule has 4 atom stereocenters. The third-order valence-corrected chi connectivity index (χ3v) is 10.1. The van der Waals surface area contributed by atoms with Gasteiger partial charge in [0.15, 0.2) is 6.10 Å². The molecule has 1 heterocycles. The summed E-state index contributed by atoms with van der Waals surface area (Å²) in [6.45, 7) is 4.10. The number of unbranched alkanes of at least 4 members (excludes halogenated alkanes) is 13. The Labute approximate surface area is 323 Å². The maximum absolute atomic E-state index is 12.6. The molecule has 308 valence electrons. The predicted octanol–water partition coefficient (Wildman–Crippen LogP) is 9.71. The monoisotopic (exact) mass is 770 g/mol. The fourth-order valence-electron chi connectivity index (χ4n) is 5.68. The fraction of sp³-hybridized carbons (Fsp3) is 0.810. The molecular formula is C42H76NO9P. The van der Waals surface area contributed by atoms with Crippen LogP contribution in [0, 0.1) is 0 Å². The van der Waals surface area contributed by atoms with E-state index in [-0.39, 0.29) is 26.1 Å². The van der Waals surface area contributed by atoms with E-state index in [9.17, 15) is 19.0 Å². The highest BCUT2D eigenvalue weighted by Gasteiger charge is 2.36. The zero-order valence-corrected chi connectivity index (χ0v) is 35.0. The van der Waals surface area contributed by atoms with Crippen LogP contribution in [0.15, 0.2) is 36.5 Å². The van der Waals surface area contributed by atoms with E-state index in [0.717, 1.165) is 38.5 Å². The van der Waals surface area contributed by atoms with E-state index >= 15 is 0 Å². The minimum Gasteiger partial charge on any atom is -0.756 e. The lowest BCUT2D eigenvalue weighted by Gasteiger charge is -2.28. The van der Waals surface area contributed by atoms with Crippen LogP contribution in [0.25, 0.3) is 0 Å². The van der Waals surface area contributed by atoms with Crippen molar-refractivity contribution in [3.63, 3.8) is 0 Å². The molecule has 1 saturated heterocycles. The van der Waals surface area contributed by atoms with E-state index in [4.69, 9.17) is 23.3 Å². The molecule has 1 fully saturated rings.